The number of carbonyl (C=O) groups is 1. The first-order valence-electron chi connectivity index (χ1n) is 6.36. The van der Waals surface area contributed by atoms with E-state index in [0.717, 1.165) is 18.7 Å². The second kappa shape index (κ2) is 9.01. The van der Waals surface area contributed by atoms with Gasteiger partial charge in [-0.2, -0.15) is 0 Å². The minimum Gasteiger partial charge on any atom is -0.494 e. The average Bonchev–Trinajstić information content (AvgIpc) is 2.45. The molecule has 4 heteroatoms. The number of rotatable bonds is 8. The van der Waals surface area contributed by atoms with Crippen LogP contribution >= 0.6 is 0 Å². The third-order valence-corrected chi connectivity index (χ3v) is 2.54. The van der Waals surface area contributed by atoms with Crippen molar-refractivity contribution in [1.29, 1.82) is 0 Å². The highest BCUT2D eigenvalue weighted by Gasteiger charge is 2.09. The monoisotopic (exact) mass is 260 g/mol. The van der Waals surface area contributed by atoms with Crippen molar-refractivity contribution < 1.29 is 9.53 Å². The molecule has 0 bridgehead atoms. The number of nitrogens with one attached hydrogen (secondary N) is 2. The van der Waals surface area contributed by atoms with Gasteiger partial charge >= 0.3 is 0 Å². The third-order valence-electron chi connectivity index (χ3n) is 2.54. The van der Waals surface area contributed by atoms with Crippen LogP contribution < -0.4 is 15.4 Å². The van der Waals surface area contributed by atoms with Crippen molar-refractivity contribution in [3.05, 3.63) is 30.3 Å². The van der Waals surface area contributed by atoms with Crippen molar-refractivity contribution in [3.63, 3.8) is 0 Å². The number of hydrogen-bond donors (Lipinski definition) is 2. The molecule has 0 aliphatic rings. The molecule has 2 N–H and O–H groups in total. The van der Waals surface area contributed by atoms with Gasteiger partial charge < -0.3 is 15.4 Å². The molecule has 4 nitrogen and oxygen atoms in total. The van der Waals surface area contributed by atoms with Gasteiger partial charge in [0.05, 0.1) is 19.2 Å². The summed E-state index contributed by atoms with van der Waals surface area (Å²) in [4.78, 5) is 11.5. The summed E-state index contributed by atoms with van der Waals surface area (Å²) in [6, 6.07) is 9.42. The molecule has 0 radical (unpaired) electrons. The number of hydrogen-bond acceptors (Lipinski definition) is 3. The molecule has 0 saturated carbocycles. The second-order valence-electron chi connectivity index (χ2n) is 4.11. The van der Waals surface area contributed by atoms with Crippen molar-refractivity contribution in [3.8, 4) is 18.1 Å². The quantitative estimate of drug-likeness (QED) is 0.545. The van der Waals surface area contributed by atoms with Crippen molar-refractivity contribution in [2.24, 2.45) is 0 Å². The molecule has 0 heterocycles. The fourth-order valence-corrected chi connectivity index (χ4v) is 1.48. The molecule has 102 valence electrons. The first-order valence-corrected chi connectivity index (χ1v) is 6.36. The lowest BCUT2D eigenvalue weighted by Crippen LogP contribution is -2.42. The molecule has 1 atom stereocenters. The Balaban J connectivity index is 2.07. The Labute approximate surface area is 114 Å². The number of carbonyl (C=O) groups excluding carboxylic acids is 1. The molecule has 0 fully saturated rings. The zero-order chi connectivity index (χ0) is 13.9. The minimum absolute atomic E-state index is 0.0815. The normalized spacial score (nSPS) is 11.4. The van der Waals surface area contributed by atoms with Gasteiger partial charge in [0.1, 0.15) is 5.75 Å². The van der Waals surface area contributed by atoms with Gasteiger partial charge in [0, 0.05) is 0 Å². The molecule has 1 rings (SSSR count). The van der Waals surface area contributed by atoms with Crippen molar-refractivity contribution in [1.82, 2.24) is 10.6 Å². The van der Waals surface area contributed by atoms with E-state index in [1.54, 1.807) is 0 Å². The van der Waals surface area contributed by atoms with Gasteiger partial charge in [-0.15, -0.1) is 6.42 Å². The van der Waals surface area contributed by atoms with Crippen LogP contribution in [0.4, 0.5) is 0 Å². The number of para-hydroxylation sites is 1. The van der Waals surface area contributed by atoms with E-state index < -0.39 is 0 Å². The Kier molecular flexibility index (Phi) is 7.14. The molecular weight excluding hydrogens is 240 g/mol. The Bertz CT molecular complexity index is 412. The molecule has 0 spiro atoms. The lowest BCUT2D eigenvalue weighted by molar-refractivity contribution is -0.122. The van der Waals surface area contributed by atoms with E-state index >= 15 is 0 Å². The summed E-state index contributed by atoms with van der Waals surface area (Å²) >= 11 is 0. The van der Waals surface area contributed by atoms with Crippen LogP contribution in [-0.4, -0.2) is 31.6 Å². The number of amides is 1. The van der Waals surface area contributed by atoms with Gasteiger partial charge in [0.2, 0.25) is 5.91 Å². The third kappa shape index (κ3) is 6.49. The van der Waals surface area contributed by atoms with Crippen LogP contribution in [0.2, 0.25) is 0 Å². The maximum atomic E-state index is 11.5. The van der Waals surface area contributed by atoms with Gasteiger partial charge in [-0.25, -0.2) is 0 Å². The highest BCUT2D eigenvalue weighted by molar-refractivity contribution is 5.81. The van der Waals surface area contributed by atoms with E-state index in [1.165, 1.54) is 0 Å². The highest BCUT2D eigenvalue weighted by atomic mass is 16.5. The Morgan fingerprint density at radius 3 is 2.84 bits per heavy atom. The molecule has 1 amide bonds. The number of ether oxygens (including phenoxy) is 1. The van der Waals surface area contributed by atoms with E-state index in [-0.39, 0.29) is 18.5 Å². The smallest absolute Gasteiger partial charge is 0.237 e. The summed E-state index contributed by atoms with van der Waals surface area (Å²) in [5.74, 6) is 3.15. The zero-order valence-corrected chi connectivity index (χ0v) is 11.2. The second-order valence-corrected chi connectivity index (χ2v) is 4.11. The first-order chi connectivity index (χ1) is 9.24. The summed E-state index contributed by atoms with van der Waals surface area (Å²) in [7, 11) is 0. The molecule has 1 aromatic carbocycles. The molecule has 19 heavy (non-hydrogen) atoms. The van der Waals surface area contributed by atoms with E-state index in [9.17, 15) is 4.79 Å². The molecule has 0 saturated heterocycles. The van der Waals surface area contributed by atoms with Crippen molar-refractivity contribution >= 4 is 5.91 Å². The summed E-state index contributed by atoms with van der Waals surface area (Å²) in [6.07, 6.45) is 5.91. The van der Waals surface area contributed by atoms with Gasteiger partial charge in [-0.3, -0.25) is 4.79 Å². The van der Waals surface area contributed by atoms with E-state index in [0.29, 0.717) is 6.61 Å². The summed E-state index contributed by atoms with van der Waals surface area (Å²) in [6.45, 7) is 3.42. The highest BCUT2D eigenvalue weighted by Crippen LogP contribution is 2.07. The lowest BCUT2D eigenvalue weighted by atomic mass is 10.3. The standard InChI is InChI=1S/C15H20N2O2/c1-3-10-17-15(18)13(2)16-11-7-12-19-14-8-5-4-6-9-14/h1,4-6,8-9,13,16H,7,10-12H2,2H3,(H,17,18). The van der Waals surface area contributed by atoms with E-state index in [1.807, 2.05) is 37.3 Å². The Hall–Kier alpha value is -1.99. The summed E-state index contributed by atoms with van der Waals surface area (Å²) in [5.41, 5.74) is 0. The van der Waals surface area contributed by atoms with Crippen LogP contribution in [-0.2, 0) is 4.79 Å². The molecular formula is C15H20N2O2. The summed E-state index contributed by atoms with van der Waals surface area (Å²) in [5, 5.41) is 5.75. The largest absolute Gasteiger partial charge is 0.494 e. The molecule has 0 aromatic heterocycles. The van der Waals surface area contributed by atoms with Crippen LogP contribution in [0.15, 0.2) is 30.3 Å². The Morgan fingerprint density at radius 2 is 2.16 bits per heavy atom. The predicted octanol–water partition coefficient (Wildman–Crippen LogP) is 1.18. The SMILES string of the molecule is C#CCNC(=O)C(C)NCCCOc1ccccc1. The van der Waals surface area contributed by atoms with Crippen LogP contribution in [0.5, 0.6) is 5.75 Å². The van der Waals surface area contributed by atoms with Crippen molar-refractivity contribution in [2.75, 3.05) is 19.7 Å². The van der Waals surface area contributed by atoms with Gasteiger partial charge in [0.15, 0.2) is 0 Å². The Morgan fingerprint density at radius 1 is 1.42 bits per heavy atom. The topological polar surface area (TPSA) is 50.4 Å². The van der Waals surface area contributed by atoms with Crippen LogP contribution in [0.1, 0.15) is 13.3 Å². The fraction of sp³-hybridized carbons (Fsp3) is 0.400. The predicted molar refractivity (Wildman–Crippen MR) is 75.9 cm³/mol. The molecule has 0 aliphatic carbocycles. The van der Waals surface area contributed by atoms with Crippen LogP contribution in [0.25, 0.3) is 0 Å². The maximum absolute atomic E-state index is 11.5. The molecule has 1 unspecified atom stereocenters. The maximum Gasteiger partial charge on any atom is 0.237 e. The van der Waals surface area contributed by atoms with Gasteiger partial charge in [0.25, 0.3) is 0 Å². The van der Waals surface area contributed by atoms with Crippen LogP contribution in [0.3, 0.4) is 0 Å². The summed E-state index contributed by atoms with van der Waals surface area (Å²) < 4.78 is 5.55. The minimum atomic E-state index is -0.245. The fourth-order valence-electron chi connectivity index (χ4n) is 1.48. The first kappa shape index (κ1) is 15.1. The zero-order valence-electron chi connectivity index (χ0n) is 11.2. The molecule has 1 aromatic rings. The van der Waals surface area contributed by atoms with Crippen molar-refractivity contribution in [2.45, 2.75) is 19.4 Å². The number of terminal acetylenes is 1. The number of benzene rings is 1. The average molecular weight is 260 g/mol. The van der Waals surface area contributed by atoms with Gasteiger partial charge in [-0.05, 0) is 32.0 Å². The van der Waals surface area contributed by atoms with E-state index in [2.05, 4.69) is 16.6 Å². The molecule has 0 aliphatic heterocycles. The lowest BCUT2D eigenvalue weighted by Gasteiger charge is -2.13. The van der Waals surface area contributed by atoms with Crippen LogP contribution in [0, 0.1) is 12.3 Å². The van der Waals surface area contributed by atoms with E-state index in [4.69, 9.17) is 11.2 Å². The van der Waals surface area contributed by atoms with Gasteiger partial charge in [-0.1, -0.05) is 24.1 Å².